The van der Waals surface area contributed by atoms with E-state index in [1.165, 1.54) is 12.8 Å². The average Bonchev–Trinajstić information content (AvgIpc) is 3.18. The van der Waals surface area contributed by atoms with Crippen LogP contribution in [-0.2, 0) is 4.74 Å². The first-order valence-corrected chi connectivity index (χ1v) is 9.46. The molecule has 0 bridgehead atoms. The monoisotopic (exact) mass is 343 g/mol. The normalized spacial score (nSPS) is 20.3. The molecule has 1 saturated carbocycles. The quantitative estimate of drug-likeness (QED) is 0.778. The van der Waals surface area contributed by atoms with Crippen molar-refractivity contribution in [2.75, 3.05) is 6.61 Å². The van der Waals surface area contributed by atoms with Crippen LogP contribution in [0.25, 0.3) is 5.65 Å². The molecule has 25 heavy (non-hydrogen) atoms. The molecule has 2 heterocycles. The molecule has 2 aromatic heterocycles. The second-order valence-corrected chi connectivity index (χ2v) is 7.15. The number of aromatic nitrogens is 2. The van der Waals surface area contributed by atoms with E-state index in [1.807, 2.05) is 36.6 Å². The van der Waals surface area contributed by atoms with E-state index in [1.54, 1.807) is 0 Å². The van der Waals surface area contributed by atoms with Crippen LogP contribution in [0.5, 0.6) is 0 Å². The lowest BCUT2D eigenvalue weighted by atomic mass is 10.2. The standard InChI is InChI=1S/C20H29N3O2/c1-4-5-6-11-25-17-8-7-16(13-17)22-20(24)18-9-10-23-15(3)12-14(2)21-19(18)23/h9-10,12,16-17H,4-8,11,13H2,1-3H3,(H,22,24)/t16-,17-/m0/s1. The second kappa shape index (κ2) is 8.00. The Morgan fingerprint density at radius 1 is 1.36 bits per heavy atom. The van der Waals surface area contributed by atoms with Gasteiger partial charge in [0.15, 0.2) is 0 Å². The Morgan fingerprint density at radius 2 is 2.20 bits per heavy atom. The van der Waals surface area contributed by atoms with Gasteiger partial charge in [0, 0.05) is 30.2 Å². The van der Waals surface area contributed by atoms with E-state index in [2.05, 4.69) is 17.2 Å². The highest BCUT2D eigenvalue weighted by Gasteiger charge is 2.27. The van der Waals surface area contributed by atoms with Crippen molar-refractivity contribution in [3.63, 3.8) is 0 Å². The number of unbranched alkanes of at least 4 members (excludes halogenated alkanes) is 2. The van der Waals surface area contributed by atoms with Crippen LogP contribution in [0.4, 0.5) is 0 Å². The molecule has 0 aromatic carbocycles. The van der Waals surface area contributed by atoms with Crippen LogP contribution in [0, 0.1) is 13.8 Å². The number of hydrogen-bond acceptors (Lipinski definition) is 3. The van der Waals surface area contributed by atoms with E-state index in [4.69, 9.17) is 4.74 Å². The molecule has 1 amide bonds. The van der Waals surface area contributed by atoms with Crippen LogP contribution in [0.1, 0.15) is 67.2 Å². The van der Waals surface area contributed by atoms with Gasteiger partial charge in [0.2, 0.25) is 0 Å². The molecule has 136 valence electrons. The molecule has 0 unspecified atom stereocenters. The fourth-order valence-corrected chi connectivity index (χ4v) is 3.66. The van der Waals surface area contributed by atoms with Gasteiger partial charge in [0.05, 0.1) is 11.7 Å². The lowest BCUT2D eigenvalue weighted by molar-refractivity contribution is 0.0540. The van der Waals surface area contributed by atoms with Crippen molar-refractivity contribution >= 4 is 11.6 Å². The summed E-state index contributed by atoms with van der Waals surface area (Å²) in [6, 6.07) is 4.08. The Kier molecular flexibility index (Phi) is 5.74. The molecular formula is C20H29N3O2. The molecule has 1 aliphatic carbocycles. The highest BCUT2D eigenvalue weighted by molar-refractivity contribution is 6.00. The first kappa shape index (κ1) is 17.9. The third kappa shape index (κ3) is 4.21. The lowest BCUT2D eigenvalue weighted by Crippen LogP contribution is -2.33. The molecule has 2 aromatic rings. The van der Waals surface area contributed by atoms with Crippen molar-refractivity contribution in [1.82, 2.24) is 14.7 Å². The number of rotatable bonds is 7. The van der Waals surface area contributed by atoms with Gasteiger partial charge in [-0.1, -0.05) is 19.8 Å². The molecule has 2 atom stereocenters. The first-order chi connectivity index (χ1) is 12.1. The fourth-order valence-electron chi connectivity index (χ4n) is 3.66. The minimum absolute atomic E-state index is 0.0309. The molecule has 0 spiro atoms. The van der Waals surface area contributed by atoms with E-state index in [9.17, 15) is 4.79 Å². The predicted octanol–water partition coefficient (Wildman–Crippen LogP) is 3.81. The van der Waals surface area contributed by atoms with Gasteiger partial charge >= 0.3 is 0 Å². The SMILES string of the molecule is CCCCCO[C@H]1CC[C@H](NC(=O)c2ccn3c(C)cc(C)nc23)C1. The van der Waals surface area contributed by atoms with Gasteiger partial charge in [-0.25, -0.2) is 4.98 Å². The third-order valence-electron chi connectivity index (χ3n) is 5.01. The summed E-state index contributed by atoms with van der Waals surface area (Å²) < 4.78 is 7.91. The molecule has 5 heteroatoms. The van der Waals surface area contributed by atoms with Gasteiger partial charge in [-0.3, -0.25) is 4.79 Å². The van der Waals surface area contributed by atoms with Crippen LogP contribution < -0.4 is 5.32 Å². The van der Waals surface area contributed by atoms with Gasteiger partial charge in [0.25, 0.3) is 5.91 Å². The minimum Gasteiger partial charge on any atom is -0.378 e. The zero-order chi connectivity index (χ0) is 17.8. The highest BCUT2D eigenvalue weighted by Crippen LogP contribution is 2.23. The van der Waals surface area contributed by atoms with Crippen LogP contribution in [0.3, 0.4) is 0 Å². The molecule has 1 N–H and O–H groups in total. The number of carbonyl (C=O) groups excluding carboxylic acids is 1. The van der Waals surface area contributed by atoms with E-state index in [0.29, 0.717) is 5.56 Å². The van der Waals surface area contributed by atoms with Crippen molar-refractivity contribution in [3.8, 4) is 0 Å². The number of carbonyl (C=O) groups is 1. The van der Waals surface area contributed by atoms with Crippen LogP contribution in [-0.4, -0.2) is 34.0 Å². The van der Waals surface area contributed by atoms with Crippen molar-refractivity contribution in [3.05, 3.63) is 35.3 Å². The van der Waals surface area contributed by atoms with Crippen LogP contribution >= 0.6 is 0 Å². The topological polar surface area (TPSA) is 55.6 Å². The summed E-state index contributed by atoms with van der Waals surface area (Å²) >= 11 is 0. The zero-order valence-corrected chi connectivity index (χ0v) is 15.5. The Morgan fingerprint density at radius 3 is 3.00 bits per heavy atom. The Hall–Kier alpha value is -1.88. The average molecular weight is 343 g/mol. The maximum atomic E-state index is 12.7. The Labute approximate surface area is 149 Å². The van der Waals surface area contributed by atoms with Gasteiger partial charge < -0.3 is 14.5 Å². The van der Waals surface area contributed by atoms with E-state index in [-0.39, 0.29) is 18.1 Å². The molecule has 0 saturated heterocycles. The molecule has 0 radical (unpaired) electrons. The maximum Gasteiger partial charge on any atom is 0.255 e. The van der Waals surface area contributed by atoms with E-state index >= 15 is 0 Å². The Balaban J connectivity index is 1.58. The summed E-state index contributed by atoms with van der Waals surface area (Å²) in [5.74, 6) is -0.0309. The summed E-state index contributed by atoms with van der Waals surface area (Å²) in [5.41, 5.74) is 3.40. The molecule has 1 fully saturated rings. The number of aryl methyl sites for hydroxylation is 2. The van der Waals surface area contributed by atoms with Crippen molar-refractivity contribution in [1.29, 1.82) is 0 Å². The summed E-state index contributed by atoms with van der Waals surface area (Å²) in [6.45, 7) is 7.02. The van der Waals surface area contributed by atoms with Gasteiger partial charge in [-0.2, -0.15) is 0 Å². The van der Waals surface area contributed by atoms with Crippen molar-refractivity contribution < 1.29 is 9.53 Å². The van der Waals surface area contributed by atoms with Crippen molar-refractivity contribution in [2.45, 2.75) is 71.4 Å². The number of hydrogen-bond donors (Lipinski definition) is 1. The number of nitrogens with one attached hydrogen (secondary N) is 1. The number of nitrogens with zero attached hydrogens (tertiary/aromatic N) is 2. The summed E-state index contributed by atoms with van der Waals surface area (Å²) in [7, 11) is 0. The second-order valence-electron chi connectivity index (χ2n) is 7.15. The summed E-state index contributed by atoms with van der Waals surface area (Å²) in [6.07, 6.45) is 8.70. The highest BCUT2D eigenvalue weighted by atomic mass is 16.5. The summed E-state index contributed by atoms with van der Waals surface area (Å²) in [5, 5.41) is 3.17. The van der Waals surface area contributed by atoms with Gasteiger partial charge in [-0.15, -0.1) is 0 Å². The first-order valence-electron chi connectivity index (χ1n) is 9.46. The number of ether oxygens (including phenoxy) is 1. The van der Waals surface area contributed by atoms with Gasteiger partial charge in [0.1, 0.15) is 5.65 Å². The molecule has 3 rings (SSSR count). The van der Waals surface area contributed by atoms with Gasteiger partial charge in [-0.05, 0) is 51.7 Å². The molecule has 1 aliphatic rings. The largest absolute Gasteiger partial charge is 0.378 e. The zero-order valence-electron chi connectivity index (χ0n) is 15.5. The smallest absolute Gasteiger partial charge is 0.255 e. The number of amides is 1. The molecule has 0 aliphatic heterocycles. The molecular weight excluding hydrogens is 314 g/mol. The Bertz CT molecular complexity index is 738. The van der Waals surface area contributed by atoms with Crippen molar-refractivity contribution in [2.24, 2.45) is 0 Å². The van der Waals surface area contributed by atoms with Crippen LogP contribution in [0.2, 0.25) is 0 Å². The third-order valence-corrected chi connectivity index (χ3v) is 5.01. The maximum absolute atomic E-state index is 12.7. The summed E-state index contributed by atoms with van der Waals surface area (Å²) in [4.78, 5) is 17.2. The molecule has 5 nitrogen and oxygen atoms in total. The lowest BCUT2D eigenvalue weighted by Gasteiger charge is -2.14. The number of fused-ring (bicyclic) bond motifs is 1. The van der Waals surface area contributed by atoms with Crippen LogP contribution in [0.15, 0.2) is 18.3 Å². The minimum atomic E-state index is -0.0309. The fraction of sp³-hybridized carbons (Fsp3) is 0.600. The van der Waals surface area contributed by atoms with E-state index in [0.717, 1.165) is 49.3 Å². The van der Waals surface area contributed by atoms with E-state index < -0.39 is 0 Å². The predicted molar refractivity (Wildman–Crippen MR) is 99.0 cm³/mol.